The highest BCUT2D eigenvalue weighted by Crippen LogP contribution is 2.35. The van der Waals surface area contributed by atoms with Gasteiger partial charge in [-0.15, -0.1) is 0 Å². The molecule has 0 aliphatic heterocycles. The molecule has 1 N–H and O–H groups in total. The van der Waals surface area contributed by atoms with Crippen LogP contribution in [0.15, 0.2) is 33.4 Å². The van der Waals surface area contributed by atoms with Crippen LogP contribution >= 0.6 is 15.9 Å². The second kappa shape index (κ2) is 5.16. The molecule has 0 radical (unpaired) electrons. The maximum absolute atomic E-state index is 10.4. The van der Waals surface area contributed by atoms with Gasteiger partial charge < -0.3 is 14.3 Å². The summed E-state index contributed by atoms with van der Waals surface area (Å²) in [6.45, 7) is 3.95. The molecule has 0 spiro atoms. The summed E-state index contributed by atoms with van der Waals surface area (Å²) in [5.41, 5.74) is 2.82. The highest BCUT2D eigenvalue weighted by atomic mass is 79.9. The summed E-state index contributed by atoms with van der Waals surface area (Å²) in [5, 5.41) is 10.4. The number of hydrogen-bond acceptors (Lipinski definition) is 3. The first-order valence-corrected chi connectivity index (χ1v) is 6.40. The first-order valence-electron chi connectivity index (χ1n) is 5.61. The monoisotopic (exact) mass is 310 g/mol. The Kier molecular flexibility index (Phi) is 3.78. The van der Waals surface area contributed by atoms with Gasteiger partial charge in [0.2, 0.25) is 0 Å². The van der Waals surface area contributed by atoms with Crippen molar-refractivity contribution in [1.29, 1.82) is 0 Å². The van der Waals surface area contributed by atoms with Crippen molar-refractivity contribution in [3.8, 4) is 5.75 Å². The molecule has 1 aromatic carbocycles. The highest BCUT2D eigenvalue weighted by Gasteiger charge is 2.21. The third-order valence-corrected chi connectivity index (χ3v) is 3.28. The number of benzene rings is 1. The zero-order valence-corrected chi connectivity index (χ0v) is 12.1. The van der Waals surface area contributed by atoms with Crippen LogP contribution in [-0.4, -0.2) is 12.2 Å². The Balaban J connectivity index is 2.50. The van der Waals surface area contributed by atoms with E-state index in [0.717, 1.165) is 16.7 Å². The molecule has 1 heterocycles. The van der Waals surface area contributed by atoms with E-state index in [2.05, 4.69) is 15.9 Å². The van der Waals surface area contributed by atoms with Gasteiger partial charge in [0.15, 0.2) is 4.67 Å². The Labute approximate surface area is 115 Å². The number of methoxy groups -OCH3 is 1. The van der Waals surface area contributed by atoms with E-state index in [1.807, 2.05) is 26.0 Å². The van der Waals surface area contributed by atoms with Crippen LogP contribution in [0.2, 0.25) is 0 Å². The van der Waals surface area contributed by atoms with Gasteiger partial charge in [-0.25, -0.2) is 0 Å². The fraction of sp³-hybridized carbons (Fsp3) is 0.286. The molecule has 0 saturated heterocycles. The summed E-state index contributed by atoms with van der Waals surface area (Å²) >= 11 is 3.23. The number of aryl methyl sites for hydroxylation is 2. The molecule has 0 aliphatic carbocycles. The molecule has 1 atom stereocenters. The predicted octanol–water partition coefficient (Wildman–Crippen LogP) is 3.75. The zero-order chi connectivity index (χ0) is 13.3. The summed E-state index contributed by atoms with van der Waals surface area (Å²) in [6.07, 6.45) is -0.827. The number of aliphatic hydroxyl groups excluding tert-OH is 1. The number of furan rings is 1. The van der Waals surface area contributed by atoms with Crippen LogP contribution in [0.25, 0.3) is 0 Å². The molecule has 0 saturated carbocycles. The van der Waals surface area contributed by atoms with Crippen LogP contribution in [0, 0.1) is 13.8 Å². The van der Waals surface area contributed by atoms with Crippen LogP contribution in [0.1, 0.15) is 28.6 Å². The molecule has 0 bridgehead atoms. The molecule has 3 nitrogen and oxygen atoms in total. The van der Waals surface area contributed by atoms with Crippen LogP contribution in [0.5, 0.6) is 5.75 Å². The smallest absolute Gasteiger partial charge is 0.169 e. The quantitative estimate of drug-likeness (QED) is 0.939. The molecule has 4 heteroatoms. The molecular weight excluding hydrogens is 296 g/mol. The average molecular weight is 311 g/mol. The maximum Gasteiger partial charge on any atom is 0.169 e. The van der Waals surface area contributed by atoms with Crippen molar-refractivity contribution in [3.63, 3.8) is 0 Å². The predicted molar refractivity (Wildman–Crippen MR) is 72.9 cm³/mol. The average Bonchev–Trinajstić information content (AvgIpc) is 2.74. The van der Waals surface area contributed by atoms with Gasteiger partial charge in [0.25, 0.3) is 0 Å². The summed E-state index contributed by atoms with van der Waals surface area (Å²) in [7, 11) is 1.60. The van der Waals surface area contributed by atoms with E-state index < -0.39 is 6.10 Å². The summed E-state index contributed by atoms with van der Waals surface area (Å²) < 4.78 is 11.3. The van der Waals surface area contributed by atoms with E-state index in [0.29, 0.717) is 16.2 Å². The van der Waals surface area contributed by atoms with Gasteiger partial charge >= 0.3 is 0 Å². The lowest BCUT2D eigenvalue weighted by molar-refractivity contribution is 0.182. The summed E-state index contributed by atoms with van der Waals surface area (Å²) in [5.74, 6) is 1.17. The van der Waals surface area contributed by atoms with Gasteiger partial charge in [-0.2, -0.15) is 0 Å². The Hall–Kier alpha value is -1.26. The molecule has 0 aliphatic rings. The van der Waals surface area contributed by atoms with Gasteiger partial charge in [0.05, 0.1) is 7.11 Å². The second-order valence-corrected chi connectivity index (χ2v) is 5.02. The van der Waals surface area contributed by atoms with Crippen LogP contribution in [0.3, 0.4) is 0 Å². The van der Waals surface area contributed by atoms with Gasteiger partial charge in [-0.1, -0.05) is 6.07 Å². The molecule has 1 aromatic heterocycles. The Morgan fingerprint density at radius 2 is 2.00 bits per heavy atom. The molecule has 18 heavy (non-hydrogen) atoms. The Bertz CT molecular complexity index is 560. The fourth-order valence-corrected chi connectivity index (χ4v) is 2.40. The molecule has 2 rings (SSSR count). The minimum atomic E-state index is -0.827. The molecule has 2 aromatic rings. The Morgan fingerprint density at radius 3 is 2.56 bits per heavy atom. The van der Waals surface area contributed by atoms with E-state index in [1.165, 1.54) is 0 Å². The standard InChI is InChI=1S/C14H15BrO3/c1-8-6-9(2)13(11(7-8)17-3)14(16)10-4-5-12(15)18-10/h4-7,14,16H,1-3H3. The van der Waals surface area contributed by atoms with Crippen molar-refractivity contribution in [2.75, 3.05) is 7.11 Å². The van der Waals surface area contributed by atoms with E-state index in [1.54, 1.807) is 19.2 Å². The fourth-order valence-electron chi connectivity index (χ4n) is 2.08. The van der Waals surface area contributed by atoms with Crippen LogP contribution < -0.4 is 4.74 Å². The van der Waals surface area contributed by atoms with Crippen molar-refractivity contribution in [2.45, 2.75) is 20.0 Å². The maximum atomic E-state index is 10.4. The second-order valence-electron chi connectivity index (χ2n) is 4.24. The highest BCUT2D eigenvalue weighted by molar-refractivity contribution is 9.10. The number of aliphatic hydroxyl groups is 1. The Morgan fingerprint density at radius 1 is 1.28 bits per heavy atom. The van der Waals surface area contributed by atoms with Crippen molar-refractivity contribution in [1.82, 2.24) is 0 Å². The van der Waals surface area contributed by atoms with Crippen LogP contribution in [-0.2, 0) is 0 Å². The minimum absolute atomic E-state index is 0.493. The van der Waals surface area contributed by atoms with E-state index in [4.69, 9.17) is 9.15 Å². The van der Waals surface area contributed by atoms with Crippen molar-refractivity contribution < 1.29 is 14.3 Å². The van der Waals surface area contributed by atoms with Gasteiger partial charge in [-0.3, -0.25) is 0 Å². The van der Waals surface area contributed by atoms with Crippen molar-refractivity contribution in [3.05, 3.63) is 51.4 Å². The molecule has 96 valence electrons. The number of hydrogen-bond donors (Lipinski definition) is 1. The van der Waals surface area contributed by atoms with Crippen molar-refractivity contribution >= 4 is 15.9 Å². The first kappa shape index (κ1) is 13.2. The molecular formula is C14H15BrO3. The van der Waals surface area contributed by atoms with E-state index in [-0.39, 0.29) is 0 Å². The van der Waals surface area contributed by atoms with E-state index >= 15 is 0 Å². The third-order valence-electron chi connectivity index (χ3n) is 2.85. The largest absolute Gasteiger partial charge is 0.496 e. The number of ether oxygens (including phenoxy) is 1. The van der Waals surface area contributed by atoms with E-state index in [9.17, 15) is 5.11 Å². The molecule has 1 unspecified atom stereocenters. The zero-order valence-electron chi connectivity index (χ0n) is 10.5. The molecule has 0 amide bonds. The van der Waals surface area contributed by atoms with Gasteiger partial charge in [0.1, 0.15) is 17.6 Å². The number of halogens is 1. The van der Waals surface area contributed by atoms with Gasteiger partial charge in [-0.05, 0) is 59.1 Å². The van der Waals surface area contributed by atoms with Crippen molar-refractivity contribution in [2.24, 2.45) is 0 Å². The first-order chi connectivity index (χ1) is 8.52. The SMILES string of the molecule is COc1cc(C)cc(C)c1C(O)c1ccc(Br)o1. The topological polar surface area (TPSA) is 42.6 Å². The lowest BCUT2D eigenvalue weighted by Gasteiger charge is -2.16. The van der Waals surface area contributed by atoms with Crippen LogP contribution in [0.4, 0.5) is 0 Å². The minimum Gasteiger partial charge on any atom is -0.496 e. The molecule has 0 fully saturated rings. The number of rotatable bonds is 3. The lowest BCUT2D eigenvalue weighted by Crippen LogP contribution is -2.04. The summed E-state index contributed by atoms with van der Waals surface area (Å²) in [6, 6.07) is 7.42. The normalized spacial score (nSPS) is 12.5. The third kappa shape index (κ3) is 2.44. The lowest BCUT2D eigenvalue weighted by atomic mass is 9.98. The van der Waals surface area contributed by atoms with Gasteiger partial charge in [0, 0.05) is 5.56 Å². The summed E-state index contributed by atoms with van der Waals surface area (Å²) in [4.78, 5) is 0.